The van der Waals surface area contributed by atoms with Crippen LogP contribution in [0, 0.1) is 18.3 Å². The van der Waals surface area contributed by atoms with E-state index in [0.29, 0.717) is 19.5 Å². The standard InChI is InChI=1S/C28H27N7O/c1-18-12-20(8-10-30-18)27-22-13-21-15-35(28(36)31-24(21)14-25(22)32-33-27)26-17-34(11-5-9-29)16-23(26)19-6-3-2-4-7-19/h2-4,6-8,10,12-14,23,26H,5,11,15-17H2,1H3,(H,31,36)(H,32,33). The summed E-state index contributed by atoms with van der Waals surface area (Å²) in [5.41, 5.74) is 6.83. The van der Waals surface area contributed by atoms with E-state index in [0.717, 1.165) is 52.2 Å². The molecule has 0 radical (unpaired) electrons. The summed E-state index contributed by atoms with van der Waals surface area (Å²) in [6, 6.07) is 20.7. The van der Waals surface area contributed by atoms with Crippen molar-refractivity contribution in [3.05, 3.63) is 77.6 Å². The number of nitrogens with one attached hydrogen (secondary N) is 2. The molecular weight excluding hydrogens is 450 g/mol. The van der Waals surface area contributed by atoms with Crippen LogP contribution in [0.15, 0.2) is 60.8 Å². The Morgan fingerprint density at radius 3 is 2.81 bits per heavy atom. The smallest absolute Gasteiger partial charge is 0.315 e. The highest BCUT2D eigenvalue weighted by molar-refractivity contribution is 6.00. The van der Waals surface area contributed by atoms with Crippen LogP contribution in [-0.4, -0.2) is 56.7 Å². The molecule has 1 saturated heterocycles. The molecule has 6 rings (SSSR count). The number of carbonyl (C=O) groups is 1. The van der Waals surface area contributed by atoms with Gasteiger partial charge in [0.1, 0.15) is 5.69 Å². The average Bonchev–Trinajstić information content (AvgIpc) is 3.50. The molecule has 8 heteroatoms. The van der Waals surface area contributed by atoms with Crippen LogP contribution in [0.3, 0.4) is 0 Å². The molecule has 180 valence electrons. The second-order valence-electron chi connectivity index (χ2n) is 9.62. The number of aromatic nitrogens is 3. The van der Waals surface area contributed by atoms with Crippen molar-refractivity contribution in [3.63, 3.8) is 0 Å². The number of hydrogen-bond donors (Lipinski definition) is 2. The van der Waals surface area contributed by atoms with Gasteiger partial charge in [-0.3, -0.25) is 15.0 Å². The lowest BCUT2D eigenvalue weighted by molar-refractivity contribution is 0.175. The topological polar surface area (TPSA) is 101 Å². The van der Waals surface area contributed by atoms with Crippen molar-refractivity contribution in [3.8, 4) is 17.3 Å². The highest BCUT2D eigenvalue weighted by atomic mass is 16.2. The van der Waals surface area contributed by atoms with Crippen LogP contribution >= 0.6 is 0 Å². The number of carbonyl (C=O) groups excluding carboxylic acids is 1. The van der Waals surface area contributed by atoms with Gasteiger partial charge in [-0.05, 0) is 42.3 Å². The maximum atomic E-state index is 13.4. The molecule has 1 fully saturated rings. The van der Waals surface area contributed by atoms with Crippen LogP contribution in [0.1, 0.15) is 29.2 Å². The molecule has 8 nitrogen and oxygen atoms in total. The SMILES string of the molecule is Cc1cc(-c2n[nH]c3cc4c(cc23)CN(C2CN(CCC#N)CC2c2ccccc2)C(=O)N4)ccn1. The third-order valence-corrected chi connectivity index (χ3v) is 7.33. The number of anilines is 1. The Morgan fingerprint density at radius 2 is 2.00 bits per heavy atom. The van der Waals surface area contributed by atoms with Gasteiger partial charge in [0.2, 0.25) is 0 Å². The second-order valence-corrected chi connectivity index (χ2v) is 9.62. The highest BCUT2D eigenvalue weighted by Crippen LogP contribution is 2.37. The van der Waals surface area contributed by atoms with Crippen LogP contribution in [0.2, 0.25) is 0 Å². The monoisotopic (exact) mass is 477 g/mol. The Kier molecular flexibility index (Phi) is 5.62. The second kappa shape index (κ2) is 9.10. The minimum atomic E-state index is -0.0839. The molecule has 2 unspecified atom stereocenters. The van der Waals surface area contributed by atoms with Crippen molar-refractivity contribution >= 4 is 22.6 Å². The summed E-state index contributed by atoms with van der Waals surface area (Å²) in [4.78, 5) is 21.9. The van der Waals surface area contributed by atoms with Crippen LogP contribution in [0.5, 0.6) is 0 Å². The van der Waals surface area contributed by atoms with E-state index < -0.39 is 0 Å². The highest BCUT2D eigenvalue weighted by Gasteiger charge is 2.41. The van der Waals surface area contributed by atoms with E-state index in [1.165, 1.54) is 5.56 Å². The molecule has 2 N–H and O–H groups in total. The van der Waals surface area contributed by atoms with Crippen molar-refractivity contribution in [2.75, 3.05) is 25.0 Å². The summed E-state index contributed by atoms with van der Waals surface area (Å²) < 4.78 is 0. The molecule has 2 amide bonds. The molecule has 2 aromatic carbocycles. The first-order valence-corrected chi connectivity index (χ1v) is 12.3. The number of hydrogen-bond acceptors (Lipinski definition) is 5. The number of nitrogens with zero attached hydrogens (tertiary/aromatic N) is 5. The fraction of sp³-hybridized carbons (Fsp3) is 0.286. The van der Waals surface area contributed by atoms with Gasteiger partial charge in [0, 0.05) is 67.0 Å². The van der Waals surface area contributed by atoms with E-state index in [2.05, 4.69) is 49.7 Å². The van der Waals surface area contributed by atoms with Gasteiger partial charge in [-0.25, -0.2) is 4.79 Å². The third-order valence-electron chi connectivity index (χ3n) is 7.33. The van der Waals surface area contributed by atoms with E-state index in [1.54, 1.807) is 6.20 Å². The Balaban J connectivity index is 1.35. The van der Waals surface area contributed by atoms with Crippen LogP contribution in [0.25, 0.3) is 22.2 Å². The first kappa shape index (κ1) is 22.3. The van der Waals surface area contributed by atoms with E-state index in [-0.39, 0.29) is 18.0 Å². The van der Waals surface area contributed by atoms with Crippen molar-refractivity contribution in [1.29, 1.82) is 5.26 Å². The maximum absolute atomic E-state index is 13.4. The van der Waals surface area contributed by atoms with Crippen molar-refractivity contribution in [2.24, 2.45) is 0 Å². The minimum Gasteiger partial charge on any atom is -0.315 e. The zero-order chi connectivity index (χ0) is 24.6. The Bertz CT molecular complexity index is 1470. The summed E-state index contributed by atoms with van der Waals surface area (Å²) in [6.07, 6.45) is 2.28. The van der Waals surface area contributed by atoms with Crippen molar-refractivity contribution in [1.82, 2.24) is 25.0 Å². The Labute approximate surface area is 209 Å². The summed E-state index contributed by atoms with van der Waals surface area (Å²) in [5.74, 6) is 0.185. The largest absolute Gasteiger partial charge is 0.322 e. The zero-order valence-corrected chi connectivity index (χ0v) is 20.1. The van der Waals surface area contributed by atoms with E-state index in [9.17, 15) is 4.79 Å². The summed E-state index contributed by atoms with van der Waals surface area (Å²) in [6.45, 7) is 4.79. The molecule has 2 aliphatic heterocycles. The Hall–Kier alpha value is -4.22. The van der Waals surface area contributed by atoms with E-state index in [4.69, 9.17) is 5.26 Å². The molecule has 0 saturated carbocycles. The average molecular weight is 478 g/mol. The maximum Gasteiger partial charge on any atom is 0.322 e. The van der Waals surface area contributed by atoms with Gasteiger partial charge in [-0.2, -0.15) is 10.4 Å². The molecule has 4 heterocycles. The molecule has 4 aromatic rings. The van der Waals surface area contributed by atoms with Gasteiger partial charge in [0.05, 0.1) is 17.6 Å². The number of benzene rings is 2. The van der Waals surface area contributed by atoms with Crippen molar-refractivity contribution < 1.29 is 4.79 Å². The number of nitriles is 1. The fourth-order valence-electron chi connectivity index (χ4n) is 5.58. The number of rotatable bonds is 5. The molecule has 2 aliphatic rings. The predicted molar refractivity (Wildman–Crippen MR) is 138 cm³/mol. The molecule has 0 aliphatic carbocycles. The normalized spacial score (nSPS) is 19.8. The Morgan fingerprint density at radius 1 is 1.14 bits per heavy atom. The van der Waals surface area contributed by atoms with E-state index >= 15 is 0 Å². The fourth-order valence-corrected chi connectivity index (χ4v) is 5.58. The number of fused-ring (bicyclic) bond motifs is 2. The van der Waals surface area contributed by atoms with Crippen LogP contribution in [-0.2, 0) is 6.54 Å². The number of aryl methyl sites for hydroxylation is 1. The quantitative estimate of drug-likeness (QED) is 0.435. The first-order chi connectivity index (χ1) is 17.6. The van der Waals surface area contributed by atoms with Gasteiger partial charge >= 0.3 is 6.03 Å². The summed E-state index contributed by atoms with van der Waals surface area (Å²) in [7, 11) is 0. The molecule has 36 heavy (non-hydrogen) atoms. The van der Waals surface area contributed by atoms with Crippen LogP contribution < -0.4 is 5.32 Å². The lowest BCUT2D eigenvalue weighted by Gasteiger charge is -2.36. The molecular formula is C28H27N7O. The molecule has 2 atom stereocenters. The summed E-state index contributed by atoms with van der Waals surface area (Å²) >= 11 is 0. The van der Waals surface area contributed by atoms with Gasteiger partial charge < -0.3 is 10.2 Å². The molecule has 0 bridgehead atoms. The summed E-state index contributed by atoms with van der Waals surface area (Å²) in [5, 5.41) is 20.9. The molecule has 2 aromatic heterocycles. The van der Waals surface area contributed by atoms with E-state index in [1.807, 2.05) is 48.2 Å². The number of pyridine rings is 1. The van der Waals surface area contributed by atoms with Crippen LogP contribution in [0.4, 0.5) is 10.5 Å². The lowest BCUT2D eigenvalue weighted by atomic mass is 9.92. The van der Waals surface area contributed by atoms with Gasteiger partial charge in [-0.1, -0.05) is 30.3 Å². The number of H-pyrrole nitrogens is 1. The number of amides is 2. The number of aromatic amines is 1. The van der Waals surface area contributed by atoms with Gasteiger partial charge in [0.25, 0.3) is 0 Å². The van der Waals surface area contributed by atoms with Gasteiger partial charge in [0.15, 0.2) is 0 Å². The number of urea groups is 1. The minimum absolute atomic E-state index is 0.0154. The first-order valence-electron chi connectivity index (χ1n) is 12.3. The number of likely N-dealkylation sites (tertiary alicyclic amines) is 1. The van der Waals surface area contributed by atoms with Crippen molar-refractivity contribution in [2.45, 2.75) is 31.8 Å². The lowest BCUT2D eigenvalue weighted by Crippen LogP contribution is -2.48. The molecule has 0 spiro atoms. The third kappa shape index (κ3) is 3.97. The predicted octanol–water partition coefficient (Wildman–Crippen LogP) is 4.66. The zero-order valence-electron chi connectivity index (χ0n) is 20.1. The van der Waals surface area contributed by atoms with Gasteiger partial charge in [-0.15, -0.1) is 0 Å².